The summed E-state index contributed by atoms with van der Waals surface area (Å²) in [6.45, 7) is 4.66. The molecule has 0 radical (unpaired) electrons. The molecule has 0 aromatic rings. The quantitative estimate of drug-likeness (QED) is 0.618. The summed E-state index contributed by atoms with van der Waals surface area (Å²) in [6.07, 6.45) is -0.768. The van der Waals surface area contributed by atoms with Crippen molar-refractivity contribution in [2.45, 2.75) is 51.9 Å². The second-order valence-corrected chi connectivity index (χ2v) is 3.39. The van der Waals surface area contributed by atoms with Gasteiger partial charge in [-0.3, -0.25) is 4.79 Å². The minimum atomic E-state index is -0.616. The Hall–Kier alpha value is -0.610. The summed E-state index contributed by atoms with van der Waals surface area (Å²) >= 11 is 0. The van der Waals surface area contributed by atoms with Crippen molar-refractivity contribution in [1.82, 2.24) is 0 Å². The largest absolute Gasteiger partial charge is 0.463 e. The Morgan fingerprint density at radius 3 is 2.23 bits per heavy atom. The third-order valence-electron chi connectivity index (χ3n) is 1.58. The molecule has 0 bridgehead atoms. The Labute approximate surface area is 78.5 Å². The molecule has 0 fully saturated rings. The molecule has 4 nitrogen and oxygen atoms in total. The number of hydrogen-bond acceptors (Lipinski definition) is 4. The minimum absolute atomic E-state index is 0.300. The fourth-order valence-electron chi connectivity index (χ4n) is 1.20. The first-order chi connectivity index (χ1) is 5.91. The van der Waals surface area contributed by atoms with Crippen molar-refractivity contribution in [3.63, 3.8) is 0 Å². The number of hydrogen-bond donors (Lipinski definition) is 2. The van der Waals surface area contributed by atoms with Crippen molar-refractivity contribution in [3.8, 4) is 0 Å². The van der Waals surface area contributed by atoms with Crippen LogP contribution in [0.25, 0.3) is 0 Å². The van der Waals surface area contributed by atoms with Crippen LogP contribution in [0.4, 0.5) is 0 Å². The van der Waals surface area contributed by atoms with Gasteiger partial charge in [0, 0.05) is 13.3 Å². The summed E-state index contributed by atoms with van der Waals surface area (Å²) < 4.78 is 4.82. The summed E-state index contributed by atoms with van der Waals surface area (Å²) in [4.78, 5) is 10.5. The Kier molecular flexibility index (Phi) is 5.66. The molecule has 0 aromatic heterocycles. The Bertz CT molecular complexity index is 156. The smallest absolute Gasteiger partial charge is 0.302 e. The van der Waals surface area contributed by atoms with Crippen molar-refractivity contribution in [2.75, 3.05) is 0 Å². The number of carbonyl (C=O) groups excluding carboxylic acids is 1. The van der Waals surface area contributed by atoms with E-state index in [0.29, 0.717) is 12.8 Å². The number of esters is 1. The maximum absolute atomic E-state index is 10.5. The highest BCUT2D eigenvalue weighted by molar-refractivity contribution is 5.66. The van der Waals surface area contributed by atoms with E-state index in [1.54, 1.807) is 13.8 Å². The van der Waals surface area contributed by atoms with Gasteiger partial charge >= 0.3 is 5.97 Å². The molecule has 0 saturated heterocycles. The zero-order valence-corrected chi connectivity index (χ0v) is 8.36. The Morgan fingerprint density at radius 1 is 1.31 bits per heavy atom. The molecule has 4 heteroatoms. The maximum atomic E-state index is 10.5. The minimum Gasteiger partial charge on any atom is -0.463 e. The average molecular weight is 190 g/mol. The van der Waals surface area contributed by atoms with Gasteiger partial charge in [-0.1, -0.05) is 0 Å². The summed E-state index contributed by atoms with van der Waals surface area (Å²) in [7, 11) is 0. The highest BCUT2D eigenvalue weighted by Gasteiger charge is 2.14. The monoisotopic (exact) mass is 190 g/mol. The normalized spacial score (nSPS) is 17.6. The van der Waals surface area contributed by atoms with Gasteiger partial charge in [-0.2, -0.15) is 0 Å². The molecule has 3 unspecified atom stereocenters. The first-order valence-corrected chi connectivity index (χ1v) is 4.45. The van der Waals surface area contributed by atoms with Gasteiger partial charge in [0.25, 0.3) is 0 Å². The van der Waals surface area contributed by atoms with E-state index in [1.807, 2.05) is 0 Å². The first-order valence-electron chi connectivity index (χ1n) is 4.45. The van der Waals surface area contributed by atoms with Crippen molar-refractivity contribution in [1.29, 1.82) is 0 Å². The highest BCUT2D eigenvalue weighted by Crippen LogP contribution is 2.07. The molecule has 0 aliphatic rings. The van der Waals surface area contributed by atoms with E-state index in [9.17, 15) is 9.90 Å². The zero-order chi connectivity index (χ0) is 10.4. The van der Waals surface area contributed by atoms with Gasteiger partial charge in [-0.05, 0) is 20.3 Å². The van der Waals surface area contributed by atoms with Crippen LogP contribution in [0.3, 0.4) is 0 Å². The van der Waals surface area contributed by atoms with Gasteiger partial charge in [-0.25, -0.2) is 0 Å². The van der Waals surface area contributed by atoms with Crippen LogP contribution < -0.4 is 0 Å². The van der Waals surface area contributed by atoms with E-state index in [2.05, 4.69) is 0 Å². The molecule has 0 aliphatic carbocycles. The third-order valence-corrected chi connectivity index (χ3v) is 1.58. The SMILES string of the molecule is CC(=O)OC(C)CC(O)CC(C)O. The van der Waals surface area contributed by atoms with Crippen LogP contribution in [0.5, 0.6) is 0 Å². The standard InChI is InChI=1S/C9H18O4/c1-6(10)4-9(12)5-7(2)13-8(3)11/h6-7,9-10,12H,4-5H2,1-3H3. The average Bonchev–Trinajstić information content (AvgIpc) is 1.80. The molecule has 0 amide bonds. The van der Waals surface area contributed by atoms with Gasteiger partial charge < -0.3 is 14.9 Å². The molecule has 13 heavy (non-hydrogen) atoms. The molecule has 0 heterocycles. The fraction of sp³-hybridized carbons (Fsp3) is 0.889. The summed E-state index contributed by atoms with van der Waals surface area (Å²) in [5.41, 5.74) is 0. The lowest BCUT2D eigenvalue weighted by Crippen LogP contribution is -2.23. The molecular formula is C9H18O4. The van der Waals surface area contributed by atoms with Gasteiger partial charge in [0.1, 0.15) is 6.10 Å². The van der Waals surface area contributed by atoms with E-state index in [4.69, 9.17) is 9.84 Å². The van der Waals surface area contributed by atoms with Crippen LogP contribution in [-0.4, -0.2) is 34.5 Å². The number of aliphatic hydroxyl groups excluding tert-OH is 2. The molecule has 0 spiro atoms. The maximum Gasteiger partial charge on any atom is 0.302 e. The van der Waals surface area contributed by atoms with Gasteiger partial charge in [0.2, 0.25) is 0 Å². The lowest BCUT2D eigenvalue weighted by Gasteiger charge is -2.17. The second-order valence-electron chi connectivity index (χ2n) is 3.39. The first kappa shape index (κ1) is 12.4. The molecular weight excluding hydrogens is 172 g/mol. The Balaban J connectivity index is 3.64. The van der Waals surface area contributed by atoms with E-state index < -0.39 is 12.2 Å². The van der Waals surface area contributed by atoms with Crippen LogP contribution in [-0.2, 0) is 9.53 Å². The number of rotatable bonds is 5. The van der Waals surface area contributed by atoms with E-state index in [0.717, 1.165) is 0 Å². The van der Waals surface area contributed by atoms with Crippen LogP contribution in [0.2, 0.25) is 0 Å². The summed E-state index contributed by atoms with van der Waals surface area (Å²) in [6, 6.07) is 0. The molecule has 3 atom stereocenters. The predicted octanol–water partition coefficient (Wildman–Crippen LogP) is 0.460. The summed E-state index contributed by atoms with van der Waals surface area (Å²) in [5, 5.41) is 18.3. The zero-order valence-electron chi connectivity index (χ0n) is 8.36. The molecule has 0 rings (SSSR count). The number of aliphatic hydroxyl groups is 2. The van der Waals surface area contributed by atoms with E-state index in [-0.39, 0.29) is 12.1 Å². The Morgan fingerprint density at radius 2 is 1.85 bits per heavy atom. The van der Waals surface area contributed by atoms with Gasteiger partial charge in [0.05, 0.1) is 12.2 Å². The van der Waals surface area contributed by atoms with Crippen molar-refractivity contribution in [2.24, 2.45) is 0 Å². The molecule has 2 N–H and O–H groups in total. The molecule has 0 aliphatic heterocycles. The molecule has 0 saturated carbocycles. The second kappa shape index (κ2) is 5.94. The highest BCUT2D eigenvalue weighted by atomic mass is 16.5. The van der Waals surface area contributed by atoms with Crippen molar-refractivity contribution >= 4 is 5.97 Å². The third kappa shape index (κ3) is 7.74. The van der Waals surface area contributed by atoms with E-state index >= 15 is 0 Å². The number of carbonyl (C=O) groups is 1. The van der Waals surface area contributed by atoms with Crippen molar-refractivity contribution in [3.05, 3.63) is 0 Å². The predicted molar refractivity (Wildman–Crippen MR) is 48.1 cm³/mol. The van der Waals surface area contributed by atoms with Crippen molar-refractivity contribution < 1.29 is 19.7 Å². The summed E-state index contributed by atoms with van der Waals surface area (Å²) in [5.74, 6) is -0.350. The van der Waals surface area contributed by atoms with Crippen LogP contribution in [0, 0.1) is 0 Å². The van der Waals surface area contributed by atoms with E-state index in [1.165, 1.54) is 6.92 Å². The van der Waals surface area contributed by atoms with Crippen LogP contribution >= 0.6 is 0 Å². The van der Waals surface area contributed by atoms with Gasteiger partial charge in [-0.15, -0.1) is 0 Å². The van der Waals surface area contributed by atoms with Crippen LogP contribution in [0.1, 0.15) is 33.6 Å². The molecule has 78 valence electrons. The topological polar surface area (TPSA) is 66.8 Å². The lowest BCUT2D eigenvalue weighted by molar-refractivity contribution is -0.146. The lowest BCUT2D eigenvalue weighted by atomic mass is 10.1. The number of ether oxygens (including phenoxy) is 1. The van der Waals surface area contributed by atoms with Gasteiger partial charge in [0.15, 0.2) is 0 Å². The fourth-order valence-corrected chi connectivity index (χ4v) is 1.20. The molecule has 0 aromatic carbocycles. The van der Waals surface area contributed by atoms with Crippen LogP contribution in [0.15, 0.2) is 0 Å².